The maximum Gasteiger partial charge on any atom is 0.154 e. The minimum atomic E-state index is -3.13. The normalized spacial score (nSPS) is 13.3. The van der Waals surface area contributed by atoms with Gasteiger partial charge in [0.2, 0.25) is 0 Å². The van der Waals surface area contributed by atoms with E-state index in [1.165, 1.54) is 7.11 Å². The van der Waals surface area contributed by atoms with Gasteiger partial charge in [0, 0.05) is 13.2 Å². The van der Waals surface area contributed by atoms with Gasteiger partial charge in [0.25, 0.3) is 0 Å². The molecule has 0 aliphatic rings. The van der Waals surface area contributed by atoms with E-state index in [1.807, 2.05) is 13.8 Å². The van der Waals surface area contributed by atoms with Crippen molar-refractivity contribution in [2.75, 3.05) is 31.8 Å². The van der Waals surface area contributed by atoms with Crippen LogP contribution in [-0.2, 0) is 14.6 Å². The third-order valence-corrected chi connectivity index (χ3v) is 4.94. The predicted octanol–water partition coefficient (Wildman–Crippen LogP) is 2.41. The van der Waals surface area contributed by atoms with E-state index in [2.05, 4.69) is 30.4 Å². The molecule has 0 amide bonds. The molecule has 0 saturated carbocycles. The summed E-state index contributed by atoms with van der Waals surface area (Å²) in [4.78, 5) is 0. The third-order valence-electron chi connectivity index (χ3n) is 3.31. The van der Waals surface area contributed by atoms with Crippen LogP contribution >= 0.6 is 0 Å². The molecule has 0 bridgehead atoms. The lowest BCUT2D eigenvalue weighted by atomic mass is 10.0. The molecule has 4 nitrogen and oxygen atoms in total. The molecule has 0 spiro atoms. The molecule has 1 aromatic carbocycles. The highest BCUT2D eigenvalue weighted by Crippen LogP contribution is 2.19. The van der Waals surface area contributed by atoms with Crippen molar-refractivity contribution >= 4 is 9.84 Å². The highest BCUT2D eigenvalue weighted by atomic mass is 32.2. The van der Waals surface area contributed by atoms with Crippen LogP contribution in [0.5, 0.6) is 0 Å². The maximum atomic E-state index is 12.2. The van der Waals surface area contributed by atoms with Gasteiger partial charge in [-0.15, -0.1) is 0 Å². The fourth-order valence-electron chi connectivity index (χ4n) is 2.35. The molecule has 0 heterocycles. The highest BCUT2D eigenvalue weighted by molar-refractivity contribution is 7.91. The quantitative estimate of drug-likeness (QED) is 0.760. The number of nitrogens with one attached hydrogen (secondary N) is 1. The summed E-state index contributed by atoms with van der Waals surface area (Å²) < 4.78 is 29.3. The zero-order chi connectivity index (χ0) is 15.9. The topological polar surface area (TPSA) is 55.4 Å². The molecule has 1 rings (SSSR count). The number of ether oxygens (including phenoxy) is 1. The van der Waals surface area contributed by atoms with Gasteiger partial charge in [0.1, 0.15) is 0 Å². The van der Waals surface area contributed by atoms with Gasteiger partial charge in [0.05, 0.1) is 18.1 Å². The third kappa shape index (κ3) is 6.59. The first-order valence-electron chi connectivity index (χ1n) is 7.39. The van der Waals surface area contributed by atoms with Crippen LogP contribution in [0.25, 0.3) is 0 Å². The lowest BCUT2D eigenvalue weighted by molar-refractivity contribution is 0.217. The Morgan fingerprint density at radius 3 is 2.33 bits per heavy atom. The smallest absolute Gasteiger partial charge is 0.154 e. The molecule has 21 heavy (non-hydrogen) atoms. The molecular formula is C16H27NO3S. The molecule has 0 saturated heterocycles. The molecule has 5 heteroatoms. The van der Waals surface area contributed by atoms with Gasteiger partial charge < -0.3 is 10.1 Å². The number of hydrogen-bond donors (Lipinski definition) is 1. The van der Waals surface area contributed by atoms with Crippen molar-refractivity contribution < 1.29 is 13.2 Å². The molecule has 0 fully saturated rings. The summed E-state index contributed by atoms with van der Waals surface area (Å²) in [6.07, 6.45) is 0.972. The highest BCUT2D eigenvalue weighted by Gasteiger charge is 2.20. The molecule has 1 atom stereocenters. The maximum absolute atomic E-state index is 12.2. The monoisotopic (exact) mass is 313 g/mol. The van der Waals surface area contributed by atoms with Crippen LogP contribution < -0.4 is 5.32 Å². The summed E-state index contributed by atoms with van der Waals surface area (Å²) in [5, 5.41) is 3.35. The average molecular weight is 313 g/mol. The van der Waals surface area contributed by atoms with Crippen molar-refractivity contribution in [3.05, 3.63) is 34.9 Å². The van der Waals surface area contributed by atoms with Crippen LogP contribution in [0.3, 0.4) is 0 Å². The first kappa shape index (κ1) is 18.1. The minimum Gasteiger partial charge on any atom is -0.384 e. The summed E-state index contributed by atoms with van der Waals surface area (Å²) in [5.41, 5.74) is 3.35. The number of hydrogen-bond acceptors (Lipinski definition) is 4. The van der Waals surface area contributed by atoms with Crippen molar-refractivity contribution in [2.45, 2.75) is 33.2 Å². The lowest BCUT2D eigenvalue weighted by Crippen LogP contribution is -2.30. The minimum absolute atomic E-state index is 0.0681. The Hall–Kier alpha value is -0.910. The van der Waals surface area contributed by atoms with Gasteiger partial charge in [-0.05, 0) is 32.4 Å². The number of rotatable bonds is 9. The van der Waals surface area contributed by atoms with Crippen LogP contribution in [0.2, 0.25) is 0 Å². The second-order valence-corrected chi connectivity index (χ2v) is 7.76. The van der Waals surface area contributed by atoms with E-state index in [4.69, 9.17) is 4.74 Å². The van der Waals surface area contributed by atoms with Gasteiger partial charge >= 0.3 is 0 Å². The van der Waals surface area contributed by atoms with Crippen LogP contribution in [0, 0.1) is 13.8 Å². The summed E-state index contributed by atoms with van der Waals surface area (Å²) in [7, 11) is -1.61. The van der Waals surface area contributed by atoms with Gasteiger partial charge in [0.15, 0.2) is 9.84 Å². The summed E-state index contributed by atoms with van der Waals surface area (Å²) in [5.74, 6) is 0.178. The largest absolute Gasteiger partial charge is 0.384 e. The van der Waals surface area contributed by atoms with E-state index in [9.17, 15) is 8.42 Å². The van der Waals surface area contributed by atoms with Gasteiger partial charge in [-0.1, -0.05) is 36.2 Å². The molecule has 0 radical (unpaired) electrons. The second-order valence-electron chi connectivity index (χ2n) is 5.53. The van der Waals surface area contributed by atoms with E-state index >= 15 is 0 Å². The first-order valence-corrected chi connectivity index (χ1v) is 9.21. The van der Waals surface area contributed by atoms with Gasteiger partial charge in [-0.25, -0.2) is 8.42 Å². The molecule has 0 aliphatic carbocycles. The molecule has 1 N–H and O–H groups in total. The Bertz CT molecular complexity index is 520. The van der Waals surface area contributed by atoms with E-state index in [1.54, 1.807) is 0 Å². The predicted molar refractivity (Wildman–Crippen MR) is 87.5 cm³/mol. The van der Waals surface area contributed by atoms with Gasteiger partial charge in [-0.3, -0.25) is 0 Å². The Balaban J connectivity index is 2.94. The van der Waals surface area contributed by atoms with Crippen molar-refractivity contribution in [1.29, 1.82) is 0 Å². The Morgan fingerprint density at radius 2 is 1.81 bits per heavy atom. The number of aryl methyl sites for hydroxylation is 2. The van der Waals surface area contributed by atoms with Crippen LogP contribution in [0.4, 0.5) is 0 Å². The van der Waals surface area contributed by atoms with Crippen LogP contribution in [0.1, 0.15) is 36.1 Å². The van der Waals surface area contributed by atoms with E-state index in [0.717, 1.165) is 29.7 Å². The molecule has 120 valence electrons. The Kier molecular flexibility index (Phi) is 7.35. The lowest BCUT2D eigenvalue weighted by Gasteiger charge is -2.20. The van der Waals surface area contributed by atoms with Crippen LogP contribution in [-0.4, -0.2) is 40.2 Å². The van der Waals surface area contributed by atoms with Crippen molar-refractivity contribution in [2.24, 2.45) is 0 Å². The van der Waals surface area contributed by atoms with E-state index in [-0.39, 0.29) is 24.2 Å². The van der Waals surface area contributed by atoms with Gasteiger partial charge in [-0.2, -0.15) is 0 Å². The zero-order valence-electron chi connectivity index (χ0n) is 13.5. The van der Waals surface area contributed by atoms with E-state index in [0.29, 0.717) is 0 Å². The average Bonchev–Trinajstić information content (AvgIpc) is 2.40. The molecule has 1 unspecified atom stereocenters. The SMILES string of the molecule is CCCNC(CS(=O)(=O)CCOC)c1cc(C)cc(C)c1. The molecular weight excluding hydrogens is 286 g/mol. The molecule has 0 aromatic heterocycles. The number of benzene rings is 1. The zero-order valence-corrected chi connectivity index (χ0v) is 14.3. The summed E-state index contributed by atoms with van der Waals surface area (Å²) in [6, 6.07) is 6.06. The Labute approximate surface area is 128 Å². The van der Waals surface area contributed by atoms with Crippen molar-refractivity contribution in [3.8, 4) is 0 Å². The summed E-state index contributed by atoms with van der Waals surface area (Å²) >= 11 is 0. The fourth-order valence-corrected chi connectivity index (χ4v) is 3.76. The summed E-state index contributed by atoms with van der Waals surface area (Å²) in [6.45, 7) is 7.19. The first-order chi connectivity index (χ1) is 9.88. The second kappa shape index (κ2) is 8.51. The molecule has 1 aromatic rings. The fraction of sp³-hybridized carbons (Fsp3) is 0.625. The number of sulfone groups is 1. The number of methoxy groups -OCH3 is 1. The Morgan fingerprint density at radius 1 is 1.19 bits per heavy atom. The van der Waals surface area contributed by atoms with E-state index < -0.39 is 9.84 Å². The van der Waals surface area contributed by atoms with Crippen LogP contribution in [0.15, 0.2) is 18.2 Å². The standard InChI is InChI=1S/C16H27NO3S/c1-5-6-17-16(12-21(18,19)8-7-20-4)15-10-13(2)9-14(3)11-15/h9-11,16-17H,5-8,12H2,1-4H3. The van der Waals surface area contributed by atoms with Crippen molar-refractivity contribution in [3.63, 3.8) is 0 Å². The molecule has 0 aliphatic heterocycles. The van der Waals surface area contributed by atoms with Crippen molar-refractivity contribution in [1.82, 2.24) is 5.32 Å².